The van der Waals surface area contributed by atoms with Crippen LogP contribution in [0, 0.1) is 0 Å². The van der Waals surface area contributed by atoms with Crippen molar-refractivity contribution in [3.05, 3.63) is 89.9 Å². The van der Waals surface area contributed by atoms with Crippen LogP contribution < -0.4 is 0 Å². The third-order valence-electron chi connectivity index (χ3n) is 6.10. The molecule has 3 aromatic carbocycles. The number of carbonyl (C=O) groups is 3. The minimum atomic E-state index is -0.419. The number of esters is 3. The molecule has 0 spiro atoms. The van der Waals surface area contributed by atoms with E-state index in [1.54, 1.807) is 18.8 Å². The molecular formula is C29H28N6O6. The number of H-pyrrole nitrogens is 1. The number of carbonyl (C=O) groups excluding carboxylic acids is 3. The Bertz CT molecular complexity index is 1840. The molecule has 210 valence electrons. The van der Waals surface area contributed by atoms with Gasteiger partial charge in [0.25, 0.3) is 0 Å². The van der Waals surface area contributed by atoms with Gasteiger partial charge in [-0.3, -0.25) is 14.5 Å². The molecule has 12 heteroatoms. The third kappa shape index (κ3) is 5.91. The van der Waals surface area contributed by atoms with Crippen molar-refractivity contribution in [2.24, 2.45) is 14.1 Å². The Morgan fingerprint density at radius 2 is 1.20 bits per heavy atom. The summed E-state index contributed by atoms with van der Waals surface area (Å²) in [5.74, 6) is -1.18. The van der Waals surface area contributed by atoms with Crippen molar-refractivity contribution < 1.29 is 28.6 Å². The van der Waals surface area contributed by atoms with Crippen LogP contribution in [-0.2, 0) is 28.3 Å². The molecule has 0 saturated carbocycles. The topological polar surface area (TPSA) is 143 Å². The average molecular weight is 557 g/mol. The number of hydrogen-bond donors (Lipinski definition) is 1. The van der Waals surface area contributed by atoms with E-state index in [-0.39, 0.29) is 5.97 Å². The van der Waals surface area contributed by atoms with E-state index in [1.165, 1.54) is 26.0 Å². The molecule has 6 aromatic rings. The number of ether oxygens (including phenoxy) is 3. The molecule has 3 heterocycles. The summed E-state index contributed by atoms with van der Waals surface area (Å²) in [6.45, 7) is 0. The van der Waals surface area contributed by atoms with Crippen molar-refractivity contribution >= 4 is 50.6 Å². The lowest BCUT2D eigenvalue weighted by Gasteiger charge is -1.98. The Hall–Kier alpha value is -5.52. The minimum Gasteiger partial charge on any atom is -0.464 e. The minimum absolute atomic E-state index is 0.332. The monoisotopic (exact) mass is 556 g/mol. The standard InChI is InChI=1S/2C10H10N2O2.C9H8N2O2/c1-12-8-6-4-3-5-7(8)9(11-12)10(13)14-2;1-12-9(10(13)14-2)7-5-3-4-6-8(7)11-12;1-13-9(12)8-6-4-2-3-5-7(6)10-11-8/h2*3-6H,1-2H3;2-5H,1H3,(H,10,11). The molecule has 0 unspecified atom stereocenters. The Morgan fingerprint density at radius 1 is 0.634 bits per heavy atom. The van der Waals surface area contributed by atoms with Gasteiger partial charge in [0.2, 0.25) is 0 Å². The van der Waals surface area contributed by atoms with Gasteiger partial charge in [0, 0.05) is 30.3 Å². The van der Waals surface area contributed by atoms with Gasteiger partial charge in [0.15, 0.2) is 17.1 Å². The van der Waals surface area contributed by atoms with Crippen molar-refractivity contribution in [3.8, 4) is 0 Å². The molecular weight excluding hydrogens is 528 g/mol. The lowest BCUT2D eigenvalue weighted by molar-refractivity contribution is 0.0583. The maximum atomic E-state index is 11.4. The fourth-order valence-electron chi connectivity index (χ4n) is 4.16. The van der Waals surface area contributed by atoms with Gasteiger partial charge in [0.05, 0.1) is 37.9 Å². The van der Waals surface area contributed by atoms with Crippen LogP contribution in [0.4, 0.5) is 0 Å². The van der Waals surface area contributed by atoms with E-state index < -0.39 is 11.9 Å². The normalized spacial score (nSPS) is 10.4. The molecule has 0 atom stereocenters. The second-order valence-corrected chi connectivity index (χ2v) is 8.57. The Morgan fingerprint density at radius 3 is 1.88 bits per heavy atom. The molecule has 0 aliphatic rings. The van der Waals surface area contributed by atoms with Crippen LogP contribution in [0.5, 0.6) is 0 Å². The van der Waals surface area contributed by atoms with Crippen LogP contribution in [0.15, 0.2) is 72.8 Å². The van der Waals surface area contributed by atoms with Gasteiger partial charge in [-0.25, -0.2) is 14.4 Å². The molecule has 6 rings (SSSR count). The predicted octanol–water partition coefficient (Wildman–Crippen LogP) is 4.07. The molecule has 0 aliphatic carbocycles. The number of nitrogens with one attached hydrogen (secondary N) is 1. The number of aryl methyl sites for hydroxylation is 2. The number of nitrogens with zero attached hydrogens (tertiary/aromatic N) is 5. The number of aromatic amines is 1. The van der Waals surface area contributed by atoms with E-state index in [0.717, 1.165) is 32.7 Å². The molecule has 12 nitrogen and oxygen atoms in total. The number of aromatic nitrogens is 6. The predicted molar refractivity (Wildman–Crippen MR) is 152 cm³/mol. The molecule has 0 saturated heterocycles. The van der Waals surface area contributed by atoms with E-state index in [4.69, 9.17) is 0 Å². The van der Waals surface area contributed by atoms with Crippen LogP contribution in [0.25, 0.3) is 32.7 Å². The lowest BCUT2D eigenvalue weighted by Crippen LogP contribution is -2.08. The second kappa shape index (κ2) is 12.6. The summed E-state index contributed by atoms with van der Waals surface area (Å²) >= 11 is 0. The van der Waals surface area contributed by atoms with Gasteiger partial charge in [-0.15, -0.1) is 0 Å². The first kappa shape index (κ1) is 28.5. The van der Waals surface area contributed by atoms with Crippen molar-refractivity contribution in [2.75, 3.05) is 21.3 Å². The smallest absolute Gasteiger partial charge is 0.359 e. The fourth-order valence-corrected chi connectivity index (χ4v) is 4.16. The first-order valence-corrected chi connectivity index (χ1v) is 12.3. The zero-order valence-corrected chi connectivity index (χ0v) is 23.1. The molecule has 0 aliphatic heterocycles. The summed E-state index contributed by atoms with van der Waals surface area (Å²) in [6, 6.07) is 22.4. The summed E-state index contributed by atoms with van der Waals surface area (Å²) in [6.07, 6.45) is 0. The maximum Gasteiger partial charge on any atom is 0.359 e. The maximum absolute atomic E-state index is 11.4. The molecule has 41 heavy (non-hydrogen) atoms. The van der Waals surface area contributed by atoms with Crippen molar-refractivity contribution in [3.63, 3.8) is 0 Å². The first-order valence-electron chi connectivity index (χ1n) is 12.3. The number of benzene rings is 3. The summed E-state index contributed by atoms with van der Waals surface area (Å²) in [7, 11) is 7.59. The molecule has 0 radical (unpaired) electrons. The van der Waals surface area contributed by atoms with E-state index in [0.29, 0.717) is 17.1 Å². The van der Waals surface area contributed by atoms with E-state index >= 15 is 0 Å². The third-order valence-corrected chi connectivity index (χ3v) is 6.10. The van der Waals surface area contributed by atoms with Gasteiger partial charge in [-0.05, 0) is 18.2 Å². The number of para-hydroxylation sites is 2. The summed E-state index contributed by atoms with van der Waals surface area (Å²) in [5, 5.41) is 17.3. The van der Waals surface area contributed by atoms with E-state index in [1.807, 2.05) is 72.8 Å². The van der Waals surface area contributed by atoms with Crippen LogP contribution in [-0.4, -0.2) is 69.0 Å². The summed E-state index contributed by atoms with van der Waals surface area (Å²) < 4.78 is 17.1. The van der Waals surface area contributed by atoms with Crippen LogP contribution in [0.2, 0.25) is 0 Å². The van der Waals surface area contributed by atoms with Gasteiger partial charge >= 0.3 is 17.9 Å². The molecule has 3 aromatic heterocycles. The summed E-state index contributed by atoms with van der Waals surface area (Å²) in [4.78, 5) is 34.0. The van der Waals surface area contributed by atoms with Gasteiger partial charge in [-0.2, -0.15) is 15.3 Å². The number of hydrogen-bond acceptors (Lipinski definition) is 9. The highest BCUT2D eigenvalue weighted by molar-refractivity contribution is 6.03. The van der Waals surface area contributed by atoms with Gasteiger partial charge in [0.1, 0.15) is 0 Å². The van der Waals surface area contributed by atoms with Crippen LogP contribution >= 0.6 is 0 Å². The zero-order chi connectivity index (χ0) is 29.5. The lowest BCUT2D eigenvalue weighted by atomic mass is 10.2. The first-order chi connectivity index (χ1) is 19.8. The highest BCUT2D eigenvalue weighted by atomic mass is 16.5. The zero-order valence-electron chi connectivity index (χ0n) is 23.1. The Kier molecular flexibility index (Phi) is 8.72. The number of rotatable bonds is 3. The number of methoxy groups -OCH3 is 3. The number of fused-ring (bicyclic) bond motifs is 3. The van der Waals surface area contributed by atoms with E-state index in [2.05, 4.69) is 34.6 Å². The van der Waals surface area contributed by atoms with E-state index in [9.17, 15) is 14.4 Å². The second-order valence-electron chi connectivity index (χ2n) is 8.57. The molecule has 0 bridgehead atoms. The fraction of sp³-hybridized carbons (Fsp3) is 0.172. The SMILES string of the molecule is COC(=O)c1c2ccccc2nn1C.COC(=O)c1n[nH]c2ccccc12.COC(=O)c1nn(C)c2ccccc12. The summed E-state index contributed by atoms with van der Waals surface area (Å²) in [5.41, 5.74) is 3.75. The van der Waals surface area contributed by atoms with Crippen molar-refractivity contribution in [1.82, 2.24) is 29.8 Å². The van der Waals surface area contributed by atoms with Crippen LogP contribution in [0.1, 0.15) is 31.5 Å². The molecule has 1 N–H and O–H groups in total. The quantitative estimate of drug-likeness (QED) is 0.252. The Labute approximate surface area is 234 Å². The highest BCUT2D eigenvalue weighted by Crippen LogP contribution is 2.19. The largest absolute Gasteiger partial charge is 0.464 e. The van der Waals surface area contributed by atoms with Gasteiger partial charge < -0.3 is 14.2 Å². The average Bonchev–Trinajstić information content (AvgIpc) is 3.69. The van der Waals surface area contributed by atoms with Gasteiger partial charge in [-0.1, -0.05) is 54.6 Å². The Balaban J connectivity index is 0.000000142. The van der Waals surface area contributed by atoms with Crippen molar-refractivity contribution in [2.45, 2.75) is 0 Å². The van der Waals surface area contributed by atoms with Crippen molar-refractivity contribution in [1.29, 1.82) is 0 Å². The molecule has 0 amide bonds. The van der Waals surface area contributed by atoms with Crippen LogP contribution in [0.3, 0.4) is 0 Å². The molecule has 0 fully saturated rings. The highest BCUT2D eigenvalue weighted by Gasteiger charge is 2.17.